The van der Waals surface area contributed by atoms with E-state index in [0.717, 1.165) is 42.3 Å². The number of fused-ring (bicyclic) bond motifs is 1. The first-order valence-electron chi connectivity index (χ1n) is 8.30. The van der Waals surface area contributed by atoms with Gasteiger partial charge in [-0.05, 0) is 42.7 Å². The van der Waals surface area contributed by atoms with Crippen molar-refractivity contribution in [2.45, 2.75) is 19.8 Å². The summed E-state index contributed by atoms with van der Waals surface area (Å²) >= 11 is 0. The molecule has 0 radical (unpaired) electrons. The Kier molecular flexibility index (Phi) is 3.73. The van der Waals surface area contributed by atoms with Crippen LogP contribution >= 0.6 is 0 Å². The van der Waals surface area contributed by atoms with Gasteiger partial charge in [0, 0.05) is 18.5 Å². The van der Waals surface area contributed by atoms with E-state index in [-0.39, 0.29) is 0 Å². The van der Waals surface area contributed by atoms with E-state index in [9.17, 15) is 0 Å². The van der Waals surface area contributed by atoms with Crippen molar-refractivity contribution in [3.63, 3.8) is 0 Å². The van der Waals surface area contributed by atoms with Gasteiger partial charge in [-0.2, -0.15) is 5.10 Å². The first-order valence-corrected chi connectivity index (χ1v) is 8.30. The number of aromatic nitrogens is 2. The van der Waals surface area contributed by atoms with Crippen molar-refractivity contribution < 1.29 is 4.74 Å². The SMILES string of the molecule is COc1cccc(Cc2nn(-c3ccccc3C)c3c2CCN3)c1. The minimum absolute atomic E-state index is 0.820. The summed E-state index contributed by atoms with van der Waals surface area (Å²) in [6, 6.07) is 16.6. The van der Waals surface area contributed by atoms with Crippen molar-refractivity contribution in [2.75, 3.05) is 19.0 Å². The normalized spacial score (nSPS) is 12.8. The van der Waals surface area contributed by atoms with Crippen LogP contribution in [0, 0.1) is 6.92 Å². The van der Waals surface area contributed by atoms with Crippen LogP contribution in [0.25, 0.3) is 5.69 Å². The molecule has 1 N–H and O–H groups in total. The highest BCUT2D eigenvalue weighted by molar-refractivity contribution is 5.59. The van der Waals surface area contributed by atoms with E-state index in [1.54, 1.807) is 7.11 Å². The van der Waals surface area contributed by atoms with Gasteiger partial charge in [-0.15, -0.1) is 0 Å². The highest BCUT2D eigenvalue weighted by Crippen LogP contribution is 2.31. The molecule has 0 bridgehead atoms. The van der Waals surface area contributed by atoms with Crippen molar-refractivity contribution in [2.24, 2.45) is 0 Å². The molecule has 0 saturated heterocycles. The Labute approximate surface area is 142 Å². The number of anilines is 1. The number of hydrogen-bond donors (Lipinski definition) is 1. The minimum atomic E-state index is 0.820. The first kappa shape index (κ1) is 14.8. The van der Waals surface area contributed by atoms with Crippen molar-refractivity contribution in [3.8, 4) is 11.4 Å². The summed E-state index contributed by atoms with van der Waals surface area (Å²) in [5.74, 6) is 2.03. The maximum atomic E-state index is 5.34. The number of benzene rings is 2. The fraction of sp³-hybridized carbons (Fsp3) is 0.250. The van der Waals surface area contributed by atoms with E-state index in [4.69, 9.17) is 9.84 Å². The van der Waals surface area contributed by atoms with Crippen molar-refractivity contribution in [3.05, 3.63) is 70.9 Å². The van der Waals surface area contributed by atoms with Crippen LogP contribution < -0.4 is 10.1 Å². The fourth-order valence-corrected chi connectivity index (χ4v) is 3.34. The zero-order chi connectivity index (χ0) is 16.5. The van der Waals surface area contributed by atoms with Gasteiger partial charge in [-0.1, -0.05) is 30.3 Å². The summed E-state index contributed by atoms with van der Waals surface area (Å²) in [4.78, 5) is 0. The molecule has 4 heteroatoms. The monoisotopic (exact) mass is 319 g/mol. The minimum Gasteiger partial charge on any atom is -0.497 e. The first-order chi connectivity index (χ1) is 11.8. The van der Waals surface area contributed by atoms with E-state index in [0.29, 0.717) is 0 Å². The predicted molar refractivity (Wildman–Crippen MR) is 96.3 cm³/mol. The van der Waals surface area contributed by atoms with E-state index in [1.165, 1.54) is 16.7 Å². The summed E-state index contributed by atoms with van der Waals surface area (Å²) in [7, 11) is 1.70. The van der Waals surface area contributed by atoms with Crippen molar-refractivity contribution in [1.82, 2.24) is 9.78 Å². The summed E-state index contributed by atoms with van der Waals surface area (Å²) in [6.45, 7) is 3.10. The molecule has 0 atom stereocenters. The van der Waals surface area contributed by atoms with Crippen molar-refractivity contribution >= 4 is 5.82 Å². The lowest BCUT2D eigenvalue weighted by atomic mass is 10.1. The molecule has 24 heavy (non-hydrogen) atoms. The largest absolute Gasteiger partial charge is 0.497 e. The number of rotatable bonds is 4. The summed E-state index contributed by atoms with van der Waals surface area (Å²) in [5, 5.41) is 8.43. The number of ether oxygens (including phenoxy) is 1. The molecule has 4 rings (SSSR count). The van der Waals surface area contributed by atoms with Crippen LogP contribution in [-0.4, -0.2) is 23.4 Å². The van der Waals surface area contributed by atoms with Gasteiger partial charge in [0.05, 0.1) is 18.5 Å². The van der Waals surface area contributed by atoms with Crippen molar-refractivity contribution in [1.29, 1.82) is 0 Å². The quantitative estimate of drug-likeness (QED) is 0.796. The average Bonchev–Trinajstić information content (AvgIpc) is 3.20. The standard InChI is InChI=1S/C20H21N3O/c1-14-6-3-4-9-19(14)23-20-17(10-11-21-20)18(22-23)13-15-7-5-8-16(12-15)24-2/h3-9,12,21H,10-11,13H2,1-2H3. The third kappa shape index (κ3) is 2.54. The lowest BCUT2D eigenvalue weighted by Gasteiger charge is -2.09. The van der Waals surface area contributed by atoms with Gasteiger partial charge in [0.25, 0.3) is 0 Å². The molecule has 122 valence electrons. The highest BCUT2D eigenvalue weighted by atomic mass is 16.5. The van der Waals surface area contributed by atoms with E-state index in [1.807, 2.05) is 12.1 Å². The number of aryl methyl sites for hydroxylation is 1. The molecule has 1 aliphatic rings. The Morgan fingerprint density at radius 3 is 2.88 bits per heavy atom. The topological polar surface area (TPSA) is 39.1 Å². The second-order valence-electron chi connectivity index (χ2n) is 6.18. The Morgan fingerprint density at radius 1 is 1.17 bits per heavy atom. The summed E-state index contributed by atoms with van der Waals surface area (Å²) in [5.41, 5.74) is 6.07. The van der Waals surface area contributed by atoms with Crippen LogP contribution in [0.2, 0.25) is 0 Å². The zero-order valence-corrected chi connectivity index (χ0v) is 14.0. The number of hydrogen-bond acceptors (Lipinski definition) is 3. The van der Waals surface area contributed by atoms with E-state index in [2.05, 4.69) is 53.3 Å². The van der Waals surface area contributed by atoms with Crippen LogP contribution in [0.3, 0.4) is 0 Å². The third-order valence-electron chi connectivity index (χ3n) is 4.58. The van der Waals surface area contributed by atoms with E-state index >= 15 is 0 Å². The molecule has 0 amide bonds. The molecular weight excluding hydrogens is 298 g/mol. The second-order valence-corrected chi connectivity index (χ2v) is 6.18. The zero-order valence-electron chi connectivity index (χ0n) is 14.0. The van der Waals surface area contributed by atoms with E-state index < -0.39 is 0 Å². The van der Waals surface area contributed by atoms with Gasteiger partial charge < -0.3 is 10.1 Å². The molecular formula is C20H21N3O. The Morgan fingerprint density at radius 2 is 2.04 bits per heavy atom. The highest BCUT2D eigenvalue weighted by Gasteiger charge is 2.23. The molecule has 2 aromatic carbocycles. The molecule has 0 saturated carbocycles. The summed E-state index contributed by atoms with van der Waals surface area (Å²) in [6.07, 6.45) is 1.85. The maximum absolute atomic E-state index is 5.34. The van der Waals surface area contributed by atoms with Gasteiger partial charge >= 0.3 is 0 Å². The fourth-order valence-electron chi connectivity index (χ4n) is 3.34. The average molecular weight is 319 g/mol. The molecule has 0 aliphatic carbocycles. The van der Waals surface area contributed by atoms with Crippen LogP contribution in [0.5, 0.6) is 5.75 Å². The summed E-state index contributed by atoms with van der Waals surface area (Å²) < 4.78 is 7.40. The smallest absolute Gasteiger partial charge is 0.133 e. The van der Waals surface area contributed by atoms with Gasteiger partial charge in [-0.3, -0.25) is 0 Å². The molecule has 3 aromatic rings. The molecule has 0 unspecified atom stereocenters. The molecule has 2 heterocycles. The lowest BCUT2D eigenvalue weighted by Crippen LogP contribution is -2.06. The van der Waals surface area contributed by atoms with Gasteiger partial charge in [0.2, 0.25) is 0 Å². The molecule has 4 nitrogen and oxygen atoms in total. The number of methoxy groups -OCH3 is 1. The molecule has 1 aromatic heterocycles. The lowest BCUT2D eigenvalue weighted by molar-refractivity contribution is 0.414. The van der Waals surface area contributed by atoms with Crippen LogP contribution in [-0.2, 0) is 12.8 Å². The Hall–Kier alpha value is -2.75. The van der Waals surface area contributed by atoms with Crippen LogP contribution in [0.15, 0.2) is 48.5 Å². The van der Waals surface area contributed by atoms with Gasteiger partial charge in [0.15, 0.2) is 0 Å². The number of nitrogens with one attached hydrogen (secondary N) is 1. The van der Waals surface area contributed by atoms with Gasteiger partial charge in [-0.25, -0.2) is 4.68 Å². The second kappa shape index (κ2) is 6.04. The predicted octanol–water partition coefficient (Wildman–Crippen LogP) is 3.75. The van der Waals surface area contributed by atoms with Crippen LogP contribution in [0.4, 0.5) is 5.82 Å². The van der Waals surface area contributed by atoms with Gasteiger partial charge in [0.1, 0.15) is 11.6 Å². The Balaban J connectivity index is 1.75. The molecule has 0 fully saturated rings. The third-order valence-corrected chi connectivity index (χ3v) is 4.58. The van der Waals surface area contributed by atoms with Crippen LogP contribution in [0.1, 0.15) is 22.4 Å². The number of para-hydroxylation sites is 1. The number of nitrogens with zero attached hydrogens (tertiary/aromatic N) is 2. The molecule has 1 aliphatic heterocycles. The maximum Gasteiger partial charge on any atom is 0.133 e. The molecule has 0 spiro atoms. The Bertz CT molecular complexity index is 882.